The molecule has 0 aromatic heterocycles. The van der Waals surface area contributed by atoms with Crippen molar-refractivity contribution in [3.63, 3.8) is 0 Å². The molecule has 2 atom stereocenters. The second-order valence-corrected chi connectivity index (χ2v) is 6.68. The Hall–Kier alpha value is -0.820. The quantitative estimate of drug-likeness (QED) is 0.660. The molecule has 0 heterocycles. The van der Waals surface area contributed by atoms with Gasteiger partial charge in [0.25, 0.3) is 0 Å². The van der Waals surface area contributed by atoms with E-state index in [1.807, 2.05) is 0 Å². The zero-order valence-corrected chi connectivity index (χ0v) is 12.9. The van der Waals surface area contributed by atoms with Crippen LogP contribution in [0.3, 0.4) is 0 Å². The molecule has 0 bridgehead atoms. The molecule has 0 aliphatic carbocycles. The summed E-state index contributed by atoms with van der Waals surface area (Å²) in [5.74, 6) is 1.41. The summed E-state index contributed by atoms with van der Waals surface area (Å²) in [7, 11) is 0. The van der Waals surface area contributed by atoms with Crippen LogP contribution in [-0.2, 0) is 6.42 Å². The third kappa shape index (κ3) is 3.14. The predicted molar refractivity (Wildman–Crippen MR) is 84.4 cm³/mol. The fourth-order valence-corrected chi connectivity index (χ4v) is 3.18. The van der Waals surface area contributed by atoms with Gasteiger partial charge < -0.3 is 0 Å². The number of hydrogen-bond donors (Lipinski definition) is 0. The highest BCUT2D eigenvalue weighted by molar-refractivity contribution is 9.09. The van der Waals surface area contributed by atoms with Crippen LogP contribution in [-0.4, -0.2) is 4.83 Å². The molecule has 0 nitrogen and oxygen atoms in total. The molecule has 0 aliphatic rings. The predicted octanol–water partition coefficient (Wildman–Crippen LogP) is 5.44. The summed E-state index contributed by atoms with van der Waals surface area (Å²) in [5.41, 5.74) is 1.42. The van der Waals surface area contributed by atoms with Gasteiger partial charge in [0.2, 0.25) is 0 Å². The van der Waals surface area contributed by atoms with E-state index >= 15 is 0 Å². The maximum absolute atomic E-state index is 3.84. The number of alkyl halides is 1. The monoisotopic (exact) mass is 304 g/mol. The molecule has 0 amide bonds. The van der Waals surface area contributed by atoms with Gasteiger partial charge in [-0.15, -0.1) is 0 Å². The average Bonchev–Trinajstić information content (AvgIpc) is 2.37. The van der Waals surface area contributed by atoms with Crippen LogP contribution in [0.5, 0.6) is 0 Å². The average molecular weight is 305 g/mol. The van der Waals surface area contributed by atoms with Gasteiger partial charge in [0, 0.05) is 4.83 Å². The highest BCUT2D eigenvalue weighted by atomic mass is 79.9. The number of hydrogen-bond acceptors (Lipinski definition) is 0. The summed E-state index contributed by atoms with van der Waals surface area (Å²) in [6.45, 7) is 6.91. The molecule has 0 fully saturated rings. The van der Waals surface area contributed by atoms with Crippen molar-refractivity contribution in [2.45, 2.75) is 32.0 Å². The molecular weight excluding hydrogens is 284 g/mol. The number of fused-ring (bicyclic) bond motifs is 1. The molecule has 2 aromatic carbocycles. The number of halogens is 1. The van der Waals surface area contributed by atoms with Gasteiger partial charge in [0.05, 0.1) is 0 Å². The van der Waals surface area contributed by atoms with Crippen LogP contribution in [0.1, 0.15) is 26.3 Å². The van der Waals surface area contributed by atoms with Crippen molar-refractivity contribution in [1.82, 2.24) is 0 Å². The fraction of sp³-hybridized carbons (Fsp3) is 0.412. The molecule has 0 saturated heterocycles. The Morgan fingerprint density at radius 3 is 2.28 bits per heavy atom. The lowest BCUT2D eigenvalue weighted by molar-refractivity contribution is 0.407. The zero-order chi connectivity index (χ0) is 13.1. The topological polar surface area (TPSA) is 0 Å². The van der Waals surface area contributed by atoms with Gasteiger partial charge >= 0.3 is 0 Å². The van der Waals surface area contributed by atoms with Crippen LogP contribution < -0.4 is 0 Å². The molecule has 2 aromatic rings. The minimum absolute atomic E-state index is 0.554. The summed E-state index contributed by atoms with van der Waals surface area (Å²) in [6.07, 6.45) is 1.10. The second-order valence-electron chi connectivity index (χ2n) is 5.50. The largest absolute Gasteiger partial charge is 0.0884 e. The summed E-state index contributed by atoms with van der Waals surface area (Å²) >= 11 is 3.84. The first-order valence-electron chi connectivity index (χ1n) is 6.69. The van der Waals surface area contributed by atoms with E-state index in [1.54, 1.807) is 0 Å². The molecular formula is C17H21Br. The van der Waals surface area contributed by atoms with Crippen LogP contribution in [0.25, 0.3) is 10.8 Å². The molecule has 0 radical (unpaired) electrons. The van der Waals surface area contributed by atoms with Gasteiger partial charge in [0.15, 0.2) is 0 Å². The standard InChI is InChI=1S/C17H21Br/c1-12(2)13(3)17(18)11-14-8-9-15-6-4-5-7-16(15)10-14/h4-10,12-13,17H,11H2,1-3H3. The minimum Gasteiger partial charge on any atom is -0.0884 e. The van der Waals surface area contributed by atoms with Crippen molar-refractivity contribution >= 4 is 26.7 Å². The van der Waals surface area contributed by atoms with Crippen molar-refractivity contribution in [2.75, 3.05) is 0 Å². The first-order valence-corrected chi connectivity index (χ1v) is 7.61. The SMILES string of the molecule is CC(C)C(C)C(Br)Cc1ccc2ccccc2c1. The van der Waals surface area contributed by atoms with Crippen LogP contribution in [0.15, 0.2) is 42.5 Å². The normalized spacial score (nSPS) is 14.9. The van der Waals surface area contributed by atoms with Crippen molar-refractivity contribution < 1.29 is 0 Å². The van der Waals surface area contributed by atoms with Crippen molar-refractivity contribution in [1.29, 1.82) is 0 Å². The third-order valence-corrected chi connectivity index (χ3v) is 5.02. The second kappa shape index (κ2) is 5.88. The highest BCUT2D eigenvalue weighted by Gasteiger charge is 2.17. The molecule has 2 rings (SSSR count). The summed E-state index contributed by atoms with van der Waals surface area (Å²) in [5, 5.41) is 2.66. The van der Waals surface area contributed by atoms with E-state index in [2.05, 4.69) is 79.2 Å². The minimum atomic E-state index is 0.554. The Bertz CT molecular complexity index is 516. The molecule has 2 unspecified atom stereocenters. The van der Waals surface area contributed by atoms with Crippen LogP contribution in [0.2, 0.25) is 0 Å². The van der Waals surface area contributed by atoms with Gasteiger partial charge in [-0.05, 0) is 34.6 Å². The lowest BCUT2D eigenvalue weighted by atomic mass is 9.91. The van der Waals surface area contributed by atoms with E-state index in [9.17, 15) is 0 Å². The number of benzene rings is 2. The van der Waals surface area contributed by atoms with E-state index in [-0.39, 0.29) is 0 Å². The van der Waals surface area contributed by atoms with E-state index in [4.69, 9.17) is 0 Å². The maximum Gasteiger partial charge on any atom is 0.0214 e. The van der Waals surface area contributed by atoms with E-state index in [0.29, 0.717) is 10.7 Å². The van der Waals surface area contributed by atoms with Gasteiger partial charge in [-0.1, -0.05) is 79.2 Å². The molecule has 96 valence electrons. The van der Waals surface area contributed by atoms with Gasteiger partial charge in [-0.25, -0.2) is 0 Å². The van der Waals surface area contributed by atoms with Crippen LogP contribution in [0, 0.1) is 11.8 Å². The highest BCUT2D eigenvalue weighted by Crippen LogP contribution is 2.25. The van der Waals surface area contributed by atoms with Crippen molar-refractivity contribution in [3.05, 3.63) is 48.0 Å². The smallest absolute Gasteiger partial charge is 0.0214 e. The van der Waals surface area contributed by atoms with E-state index in [1.165, 1.54) is 16.3 Å². The van der Waals surface area contributed by atoms with E-state index in [0.717, 1.165) is 12.3 Å². The first kappa shape index (κ1) is 13.6. The molecule has 0 N–H and O–H groups in total. The molecule has 0 spiro atoms. The number of rotatable bonds is 4. The Balaban J connectivity index is 2.17. The molecule has 0 aliphatic heterocycles. The Morgan fingerprint density at radius 2 is 1.61 bits per heavy atom. The molecule has 0 saturated carbocycles. The fourth-order valence-electron chi connectivity index (χ4n) is 2.19. The maximum atomic E-state index is 3.84. The zero-order valence-electron chi connectivity index (χ0n) is 11.4. The van der Waals surface area contributed by atoms with Crippen molar-refractivity contribution in [2.24, 2.45) is 11.8 Å². The Morgan fingerprint density at radius 1 is 0.944 bits per heavy atom. The molecule has 18 heavy (non-hydrogen) atoms. The summed E-state index contributed by atoms with van der Waals surface area (Å²) in [6, 6.07) is 15.4. The third-order valence-electron chi connectivity index (χ3n) is 3.87. The van der Waals surface area contributed by atoms with Crippen LogP contribution in [0.4, 0.5) is 0 Å². The summed E-state index contributed by atoms with van der Waals surface area (Å²) in [4.78, 5) is 0.554. The first-order chi connectivity index (χ1) is 8.58. The molecule has 1 heteroatoms. The summed E-state index contributed by atoms with van der Waals surface area (Å²) < 4.78 is 0. The lowest BCUT2D eigenvalue weighted by Crippen LogP contribution is -2.19. The van der Waals surface area contributed by atoms with E-state index < -0.39 is 0 Å². The Kier molecular flexibility index (Phi) is 4.45. The lowest BCUT2D eigenvalue weighted by Gasteiger charge is -2.22. The Labute approximate surface area is 119 Å². The van der Waals surface area contributed by atoms with Gasteiger partial charge in [-0.2, -0.15) is 0 Å². The van der Waals surface area contributed by atoms with Gasteiger partial charge in [-0.3, -0.25) is 0 Å². The van der Waals surface area contributed by atoms with Crippen LogP contribution >= 0.6 is 15.9 Å². The van der Waals surface area contributed by atoms with Gasteiger partial charge in [0.1, 0.15) is 0 Å². The van der Waals surface area contributed by atoms with Crippen molar-refractivity contribution in [3.8, 4) is 0 Å².